The molecule has 1 saturated carbocycles. The first-order chi connectivity index (χ1) is 10.0. The fraction of sp³-hybridized carbons (Fsp3) is 0.600. The van der Waals surface area contributed by atoms with E-state index in [-0.39, 0.29) is 10.9 Å². The lowest BCUT2D eigenvalue weighted by atomic mass is 9.96. The Morgan fingerprint density at radius 1 is 1.29 bits per heavy atom. The molecule has 21 heavy (non-hydrogen) atoms. The van der Waals surface area contributed by atoms with Crippen molar-refractivity contribution in [1.29, 1.82) is 0 Å². The molecule has 118 valence electrons. The maximum Gasteiger partial charge on any atom is 0.240 e. The molecule has 0 saturated heterocycles. The zero-order chi connectivity index (χ0) is 15.3. The Morgan fingerprint density at radius 2 is 2.00 bits per heavy atom. The molecule has 0 amide bonds. The van der Waals surface area contributed by atoms with E-state index in [1.165, 1.54) is 6.42 Å². The fourth-order valence-electron chi connectivity index (χ4n) is 2.48. The minimum Gasteiger partial charge on any atom is -0.492 e. The van der Waals surface area contributed by atoms with Crippen molar-refractivity contribution in [2.24, 2.45) is 0 Å². The molecule has 0 aromatic heterocycles. The third-order valence-electron chi connectivity index (χ3n) is 3.60. The highest BCUT2D eigenvalue weighted by Gasteiger charge is 2.22. The van der Waals surface area contributed by atoms with Crippen LogP contribution in [0.5, 0.6) is 5.75 Å². The molecule has 1 aromatic rings. The van der Waals surface area contributed by atoms with Crippen molar-refractivity contribution in [3.63, 3.8) is 0 Å². The van der Waals surface area contributed by atoms with Gasteiger partial charge < -0.3 is 4.74 Å². The molecule has 0 unspecified atom stereocenters. The predicted octanol–water partition coefficient (Wildman–Crippen LogP) is 3.85. The smallest absolute Gasteiger partial charge is 0.240 e. The zero-order valence-corrected chi connectivity index (χ0v) is 14.7. The van der Waals surface area contributed by atoms with Crippen molar-refractivity contribution in [2.75, 3.05) is 6.61 Å². The van der Waals surface area contributed by atoms with Gasteiger partial charge in [-0.15, -0.1) is 0 Å². The van der Waals surface area contributed by atoms with Crippen LogP contribution in [-0.4, -0.2) is 21.1 Å². The summed E-state index contributed by atoms with van der Waals surface area (Å²) in [5.74, 6) is 0.573. The monoisotopic (exact) mass is 375 g/mol. The van der Waals surface area contributed by atoms with Gasteiger partial charge in [0, 0.05) is 12.1 Å². The number of hydrogen-bond donors (Lipinski definition) is 1. The van der Waals surface area contributed by atoms with Crippen molar-refractivity contribution in [1.82, 2.24) is 4.72 Å². The van der Waals surface area contributed by atoms with Gasteiger partial charge in [-0.2, -0.15) is 0 Å². The van der Waals surface area contributed by atoms with E-state index >= 15 is 0 Å². The van der Waals surface area contributed by atoms with Crippen LogP contribution in [0.3, 0.4) is 0 Å². The third kappa shape index (κ3) is 4.69. The molecule has 0 atom stereocenters. The Hall–Kier alpha value is -0.590. The van der Waals surface area contributed by atoms with Crippen LogP contribution in [0.25, 0.3) is 0 Å². The molecule has 1 fully saturated rings. The first-order valence-electron chi connectivity index (χ1n) is 7.47. The first-order valence-corrected chi connectivity index (χ1v) is 9.75. The van der Waals surface area contributed by atoms with E-state index in [1.54, 1.807) is 18.2 Å². The van der Waals surface area contributed by atoms with Crippen LogP contribution in [0.15, 0.2) is 27.6 Å². The second-order valence-electron chi connectivity index (χ2n) is 5.40. The summed E-state index contributed by atoms with van der Waals surface area (Å²) in [4.78, 5) is 0.266. The largest absolute Gasteiger partial charge is 0.492 e. The quantitative estimate of drug-likeness (QED) is 0.821. The second kappa shape index (κ2) is 7.61. The van der Waals surface area contributed by atoms with Crippen molar-refractivity contribution in [2.45, 2.75) is 56.4 Å². The molecule has 2 rings (SSSR count). The van der Waals surface area contributed by atoms with E-state index in [1.807, 2.05) is 6.92 Å². The van der Waals surface area contributed by atoms with E-state index in [0.29, 0.717) is 12.4 Å². The molecule has 0 spiro atoms. The zero-order valence-electron chi connectivity index (χ0n) is 12.3. The third-order valence-corrected chi connectivity index (χ3v) is 5.77. The molecule has 0 aliphatic heterocycles. The lowest BCUT2D eigenvalue weighted by Crippen LogP contribution is -2.36. The van der Waals surface area contributed by atoms with Gasteiger partial charge >= 0.3 is 0 Å². The van der Waals surface area contributed by atoms with Crippen molar-refractivity contribution in [3.8, 4) is 5.75 Å². The van der Waals surface area contributed by atoms with E-state index in [9.17, 15) is 8.42 Å². The lowest BCUT2D eigenvalue weighted by Gasteiger charge is -2.22. The van der Waals surface area contributed by atoms with Gasteiger partial charge in [0.05, 0.1) is 16.0 Å². The van der Waals surface area contributed by atoms with Gasteiger partial charge in [0.2, 0.25) is 10.0 Å². The van der Waals surface area contributed by atoms with Gasteiger partial charge in [0.15, 0.2) is 0 Å². The summed E-state index contributed by atoms with van der Waals surface area (Å²) in [6.45, 7) is 2.58. The van der Waals surface area contributed by atoms with Crippen LogP contribution in [0, 0.1) is 0 Å². The van der Waals surface area contributed by atoms with Crippen LogP contribution >= 0.6 is 15.9 Å². The predicted molar refractivity (Wildman–Crippen MR) is 87.1 cm³/mol. The summed E-state index contributed by atoms with van der Waals surface area (Å²) >= 11 is 3.39. The number of ether oxygens (including phenoxy) is 1. The van der Waals surface area contributed by atoms with E-state index < -0.39 is 10.0 Å². The molecule has 0 radical (unpaired) electrons. The normalized spacial score (nSPS) is 16.9. The van der Waals surface area contributed by atoms with Gasteiger partial charge in [0.1, 0.15) is 5.75 Å². The molecule has 1 aromatic carbocycles. The number of nitrogens with one attached hydrogen (secondary N) is 1. The van der Waals surface area contributed by atoms with E-state index in [2.05, 4.69) is 20.7 Å². The van der Waals surface area contributed by atoms with Crippen LogP contribution in [0.1, 0.15) is 45.4 Å². The maximum atomic E-state index is 12.5. The molecular weight excluding hydrogens is 354 g/mol. The highest BCUT2D eigenvalue weighted by molar-refractivity contribution is 9.10. The molecule has 1 aliphatic carbocycles. The van der Waals surface area contributed by atoms with Gasteiger partial charge in [-0.3, -0.25) is 0 Å². The van der Waals surface area contributed by atoms with Gasteiger partial charge in [-0.25, -0.2) is 13.1 Å². The number of hydrogen-bond acceptors (Lipinski definition) is 3. The fourth-order valence-corrected chi connectivity index (χ4v) is 4.16. The van der Waals surface area contributed by atoms with Gasteiger partial charge in [-0.1, -0.05) is 26.2 Å². The number of sulfonamides is 1. The maximum absolute atomic E-state index is 12.5. The summed E-state index contributed by atoms with van der Waals surface area (Å²) in [6, 6.07) is 4.98. The summed E-state index contributed by atoms with van der Waals surface area (Å²) in [7, 11) is -3.48. The van der Waals surface area contributed by atoms with Crippen LogP contribution < -0.4 is 9.46 Å². The Balaban J connectivity index is 2.14. The summed E-state index contributed by atoms with van der Waals surface area (Å²) in [5, 5.41) is 0. The molecule has 0 heterocycles. The standard InChI is InChI=1S/C15H22BrNO3S/c1-2-10-20-15-11-13(8-9-14(15)16)21(18,19)17-12-6-4-3-5-7-12/h8-9,11-12,17H,2-7,10H2,1H3. The summed E-state index contributed by atoms with van der Waals surface area (Å²) in [5.41, 5.74) is 0. The topological polar surface area (TPSA) is 55.4 Å². The van der Waals surface area contributed by atoms with Crippen molar-refractivity contribution >= 4 is 26.0 Å². The Kier molecular flexibility index (Phi) is 6.08. The molecule has 1 N–H and O–H groups in total. The highest BCUT2D eigenvalue weighted by Crippen LogP contribution is 2.28. The minimum absolute atomic E-state index is 0.0624. The van der Waals surface area contributed by atoms with Crippen molar-refractivity contribution < 1.29 is 13.2 Å². The first kappa shape index (κ1) is 16.8. The molecule has 1 aliphatic rings. The minimum atomic E-state index is -3.48. The van der Waals surface area contributed by atoms with Crippen LogP contribution in [-0.2, 0) is 10.0 Å². The SMILES string of the molecule is CCCOc1cc(S(=O)(=O)NC2CCCCC2)ccc1Br. The second-order valence-corrected chi connectivity index (χ2v) is 7.97. The average molecular weight is 376 g/mol. The Bertz CT molecular complexity index is 568. The highest BCUT2D eigenvalue weighted by atomic mass is 79.9. The summed E-state index contributed by atoms with van der Waals surface area (Å²) < 4.78 is 34.1. The van der Waals surface area contributed by atoms with Gasteiger partial charge in [-0.05, 0) is 47.3 Å². The van der Waals surface area contributed by atoms with E-state index in [0.717, 1.165) is 36.6 Å². The van der Waals surface area contributed by atoms with Crippen LogP contribution in [0.2, 0.25) is 0 Å². The number of halogens is 1. The van der Waals surface area contributed by atoms with E-state index in [4.69, 9.17) is 4.74 Å². The Labute approximate surface area is 135 Å². The van der Waals surface area contributed by atoms with Crippen LogP contribution in [0.4, 0.5) is 0 Å². The lowest BCUT2D eigenvalue weighted by molar-refractivity contribution is 0.314. The molecular formula is C15H22BrNO3S. The molecule has 0 bridgehead atoms. The summed E-state index contributed by atoms with van der Waals surface area (Å²) in [6.07, 6.45) is 6.12. The molecule has 4 nitrogen and oxygen atoms in total. The van der Waals surface area contributed by atoms with Gasteiger partial charge in [0.25, 0.3) is 0 Å². The number of benzene rings is 1. The Morgan fingerprint density at radius 3 is 2.67 bits per heavy atom. The molecule has 6 heteroatoms. The number of rotatable bonds is 6. The van der Waals surface area contributed by atoms with Crippen molar-refractivity contribution in [3.05, 3.63) is 22.7 Å². The average Bonchev–Trinajstić information content (AvgIpc) is 2.47.